The molecule has 1 N–H and O–H groups in total. The van der Waals surface area contributed by atoms with Gasteiger partial charge in [0.1, 0.15) is 11.9 Å². The Balaban J connectivity index is 2.09. The molecular formula is C17H17N3O2. The number of hydrogen-bond donors (Lipinski definition) is 1. The van der Waals surface area contributed by atoms with Crippen LogP contribution >= 0.6 is 0 Å². The molecule has 0 amide bonds. The lowest BCUT2D eigenvalue weighted by molar-refractivity contribution is -0.144. The third kappa shape index (κ3) is 4.06. The van der Waals surface area contributed by atoms with Gasteiger partial charge in [0.15, 0.2) is 0 Å². The number of aromatic nitrogens is 1. The molecule has 5 heteroatoms. The Hall–Kier alpha value is -2.87. The fourth-order valence-corrected chi connectivity index (χ4v) is 2.04. The number of benzene rings is 1. The van der Waals surface area contributed by atoms with Crippen LogP contribution in [0.5, 0.6) is 0 Å². The first-order chi connectivity index (χ1) is 10.7. The van der Waals surface area contributed by atoms with Gasteiger partial charge in [0, 0.05) is 12.7 Å². The summed E-state index contributed by atoms with van der Waals surface area (Å²) in [6.07, 6.45) is 1.49. The van der Waals surface area contributed by atoms with Crippen LogP contribution in [0.1, 0.15) is 24.0 Å². The molecule has 0 saturated heterocycles. The highest BCUT2D eigenvalue weighted by atomic mass is 16.5. The molecule has 112 valence electrons. The molecular weight excluding hydrogens is 278 g/mol. The van der Waals surface area contributed by atoms with E-state index in [9.17, 15) is 4.79 Å². The van der Waals surface area contributed by atoms with Crippen molar-refractivity contribution in [1.82, 2.24) is 4.98 Å². The molecule has 5 nitrogen and oxygen atoms in total. The van der Waals surface area contributed by atoms with Crippen LogP contribution in [0.4, 0.5) is 5.82 Å². The first-order valence-electron chi connectivity index (χ1n) is 7.06. The van der Waals surface area contributed by atoms with E-state index >= 15 is 0 Å². The number of carbonyl (C=O) groups is 1. The number of carbonyl (C=O) groups excluding carboxylic acids is 1. The summed E-state index contributed by atoms with van der Waals surface area (Å²) >= 11 is 0. The van der Waals surface area contributed by atoms with Gasteiger partial charge < -0.3 is 10.1 Å². The molecule has 0 radical (unpaired) electrons. The number of rotatable bonds is 6. The lowest BCUT2D eigenvalue weighted by atomic mass is 9.99. The Morgan fingerprint density at radius 3 is 2.68 bits per heavy atom. The van der Waals surface area contributed by atoms with E-state index in [1.807, 2.05) is 36.4 Å². The molecule has 22 heavy (non-hydrogen) atoms. The van der Waals surface area contributed by atoms with E-state index in [0.29, 0.717) is 24.5 Å². The van der Waals surface area contributed by atoms with E-state index in [1.165, 1.54) is 6.20 Å². The van der Waals surface area contributed by atoms with Crippen molar-refractivity contribution >= 4 is 11.8 Å². The van der Waals surface area contributed by atoms with Crippen LogP contribution in [-0.4, -0.2) is 24.1 Å². The quantitative estimate of drug-likeness (QED) is 0.829. The van der Waals surface area contributed by atoms with Crippen molar-refractivity contribution in [3.05, 3.63) is 59.8 Å². The number of nitriles is 1. The first kappa shape index (κ1) is 15.5. The van der Waals surface area contributed by atoms with E-state index in [-0.39, 0.29) is 5.97 Å². The van der Waals surface area contributed by atoms with Crippen molar-refractivity contribution in [3.63, 3.8) is 0 Å². The molecule has 0 fully saturated rings. The van der Waals surface area contributed by atoms with Gasteiger partial charge in [0.25, 0.3) is 0 Å². The number of hydrogen-bond acceptors (Lipinski definition) is 5. The van der Waals surface area contributed by atoms with Crippen LogP contribution in [0.15, 0.2) is 48.7 Å². The molecule has 0 aliphatic rings. The molecule has 1 aromatic carbocycles. The van der Waals surface area contributed by atoms with Crippen LogP contribution in [0, 0.1) is 11.3 Å². The second kappa shape index (κ2) is 7.79. The third-order valence-corrected chi connectivity index (χ3v) is 3.15. The molecule has 0 aliphatic carbocycles. The second-order valence-corrected chi connectivity index (χ2v) is 4.64. The van der Waals surface area contributed by atoms with Crippen LogP contribution in [-0.2, 0) is 9.53 Å². The normalized spacial score (nSPS) is 11.3. The Bertz CT molecular complexity index is 648. The van der Waals surface area contributed by atoms with Crippen LogP contribution in [0.3, 0.4) is 0 Å². The van der Waals surface area contributed by atoms with E-state index < -0.39 is 5.92 Å². The third-order valence-electron chi connectivity index (χ3n) is 3.15. The highest BCUT2D eigenvalue weighted by Crippen LogP contribution is 2.18. The molecule has 2 aromatic rings. The predicted octanol–water partition coefficient (Wildman–Crippen LogP) is 2.71. The van der Waals surface area contributed by atoms with E-state index in [4.69, 9.17) is 10.00 Å². The molecule has 1 aromatic heterocycles. The summed E-state index contributed by atoms with van der Waals surface area (Å²) in [7, 11) is 0. The van der Waals surface area contributed by atoms with Crippen LogP contribution < -0.4 is 5.32 Å². The standard InChI is InChI=1S/C17H17N3O2/c1-2-22-17(21)15(14-6-4-3-5-7-14)12-20-16-9-8-13(10-18)11-19-16/h3-9,11,15H,2,12H2,1H3,(H,19,20). The fraction of sp³-hybridized carbons (Fsp3) is 0.235. The summed E-state index contributed by atoms with van der Waals surface area (Å²) < 4.78 is 5.14. The summed E-state index contributed by atoms with van der Waals surface area (Å²) in [4.78, 5) is 16.3. The Kier molecular flexibility index (Phi) is 5.50. The Morgan fingerprint density at radius 1 is 1.32 bits per heavy atom. The van der Waals surface area contributed by atoms with Gasteiger partial charge in [-0.15, -0.1) is 0 Å². The van der Waals surface area contributed by atoms with Crippen molar-refractivity contribution in [2.24, 2.45) is 0 Å². The van der Waals surface area contributed by atoms with Gasteiger partial charge in [0.2, 0.25) is 0 Å². The van der Waals surface area contributed by atoms with Crippen LogP contribution in [0.25, 0.3) is 0 Å². The van der Waals surface area contributed by atoms with Gasteiger partial charge in [0.05, 0.1) is 18.1 Å². The Labute approximate surface area is 129 Å². The average molecular weight is 295 g/mol. The van der Waals surface area contributed by atoms with Gasteiger partial charge in [-0.25, -0.2) is 4.98 Å². The summed E-state index contributed by atoms with van der Waals surface area (Å²) in [5.74, 6) is -0.0577. The zero-order valence-corrected chi connectivity index (χ0v) is 12.3. The molecule has 0 bridgehead atoms. The topological polar surface area (TPSA) is 75.0 Å². The van der Waals surface area contributed by atoms with Crippen LogP contribution in [0.2, 0.25) is 0 Å². The molecule has 0 saturated carbocycles. The molecule has 1 atom stereocenters. The van der Waals surface area contributed by atoms with Gasteiger partial charge in [-0.05, 0) is 24.6 Å². The highest BCUT2D eigenvalue weighted by Gasteiger charge is 2.21. The number of esters is 1. The number of nitrogens with zero attached hydrogens (tertiary/aromatic N) is 2. The van der Waals surface area contributed by atoms with Crippen molar-refractivity contribution < 1.29 is 9.53 Å². The predicted molar refractivity (Wildman–Crippen MR) is 83.3 cm³/mol. The zero-order chi connectivity index (χ0) is 15.8. The highest BCUT2D eigenvalue weighted by molar-refractivity contribution is 5.79. The maximum atomic E-state index is 12.1. The average Bonchev–Trinajstić information content (AvgIpc) is 2.57. The molecule has 1 unspecified atom stereocenters. The van der Waals surface area contributed by atoms with Crippen molar-refractivity contribution in [2.75, 3.05) is 18.5 Å². The fourth-order valence-electron chi connectivity index (χ4n) is 2.04. The molecule has 0 spiro atoms. The van der Waals surface area contributed by atoms with E-state index in [2.05, 4.69) is 10.3 Å². The smallest absolute Gasteiger partial charge is 0.315 e. The van der Waals surface area contributed by atoms with Crippen molar-refractivity contribution in [3.8, 4) is 6.07 Å². The van der Waals surface area contributed by atoms with Gasteiger partial charge in [-0.2, -0.15) is 5.26 Å². The van der Waals surface area contributed by atoms with Gasteiger partial charge in [-0.1, -0.05) is 30.3 Å². The minimum Gasteiger partial charge on any atom is -0.465 e. The SMILES string of the molecule is CCOC(=O)C(CNc1ccc(C#N)cn1)c1ccccc1. The van der Waals surface area contributed by atoms with Gasteiger partial charge >= 0.3 is 5.97 Å². The largest absolute Gasteiger partial charge is 0.465 e. The monoisotopic (exact) mass is 295 g/mol. The summed E-state index contributed by atoms with van der Waals surface area (Å²) in [6.45, 7) is 2.51. The number of anilines is 1. The minimum absolute atomic E-state index is 0.269. The van der Waals surface area contributed by atoms with Crippen molar-refractivity contribution in [2.45, 2.75) is 12.8 Å². The molecule has 1 heterocycles. The van der Waals surface area contributed by atoms with E-state index in [0.717, 1.165) is 5.56 Å². The maximum absolute atomic E-state index is 12.1. The second-order valence-electron chi connectivity index (χ2n) is 4.64. The molecule has 0 aliphatic heterocycles. The van der Waals surface area contributed by atoms with E-state index in [1.54, 1.807) is 19.1 Å². The minimum atomic E-state index is -0.404. The van der Waals surface area contributed by atoms with Gasteiger partial charge in [-0.3, -0.25) is 4.79 Å². The molecule has 2 rings (SSSR count). The Morgan fingerprint density at radius 2 is 2.09 bits per heavy atom. The zero-order valence-electron chi connectivity index (χ0n) is 12.3. The number of nitrogens with one attached hydrogen (secondary N) is 1. The number of pyridine rings is 1. The first-order valence-corrected chi connectivity index (χ1v) is 7.06. The van der Waals surface area contributed by atoms with Crippen molar-refractivity contribution in [1.29, 1.82) is 5.26 Å². The lowest BCUT2D eigenvalue weighted by Gasteiger charge is -2.17. The maximum Gasteiger partial charge on any atom is 0.315 e. The summed E-state index contributed by atoms with van der Waals surface area (Å²) in [6, 6.07) is 14.9. The number of ether oxygens (including phenoxy) is 1. The summed E-state index contributed by atoms with van der Waals surface area (Å²) in [5, 5.41) is 11.9. The lowest BCUT2D eigenvalue weighted by Crippen LogP contribution is -2.23. The summed E-state index contributed by atoms with van der Waals surface area (Å²) in [5.41, 5.74) is 1.39.